The Labute approximate surface area is 114 Å². The third-order valence-electron chi connectivity index (χ3n) is 1.90. The van der Waals surface area contributed by atoms with E-state index < -0.39 is 0 Å². The minimum atomic E-state index is 0.361. The lowest BCUT2D eigenvalue weighted by molar-refractivity contribution is 0.343. The van der Waals surface area contributed by atoms with E-state index in [1.54, 1.807) is 0 Å². The molecule has 1 aromatic rings. The molecule has 88 valence electrons. The fraction of sp³-hybridized carbons (Fsp3) is 0.364. The average molecular weight is 320 g/mol. The highest BCUT2D eigenvalue weighted by molar-refractivity contribution is 9.10. The second kappa shape index (κ2) is 7.14. The zero-order valence-corrected chi connectivity index (χ0v) is 12.3. The number of halogens is 1. The molecule has 0 aliphatic carbocycles. The van der Waals surface area contributed by atoms with Gasteiger partial charge in [0.1, 0.15) is 10.7 Å². The molecule has 16 heavy (non-hydrogen) atoms. The van der Waals surface area contributed by atoms with Gasteiger partial charge in [-0.2, -0.15) is 11.8 Å². The normalized spacial score (nSPS) is 10.1. The molecule has 0 aliphatic heterocycles. The summed E-state index contributed by atoms with van der Waals surface area (Å²) in [6.45, 7) is 2.81. The maximum absolute atomic E-state index is 5.65. The van der Waals surface area contributed by atoms with Gasteiger partial charge in [-0.1, -0.05) is 35.1 Å². The minimum Gasteiger partial charge on any atom is -0.492 e. The number of rotatable bonds is 6. The predicted molar refractivity (Wildman–Crippen MR) is 78.5 cm³/mol. The van der Waals surface area contributed by atoms with Gasteiger partial charge in [0, 0.05) is 10.2 Å². The zero-order chi connectivity index (χ0) is 12.0. The lowest BCUT2D eigenvalue weighted by Crippen LogP contribution is -2.12. The Morgan fingerprint density at radius 2 is 2.31 bits per heavy atom. The largest absolute Gasteiger partial charge is 0.492 e. The third kappa shape index (κ3) is 4.31. The first-order chi connectivity index (χ1) is 7.65. The summed E-state index contributed by atoms with van der Waals surface area (Å²) in [6.07, 6.45) is 0. The van der Waals surface area contributed by atoms with Crippen LogP contribution in [0.25, 0.3) is 0 Å². The van der Waals surface area contributed by atoms with Crippen LogP contribution in [0.4, 0.5) is 0 Å². The molecule has 0 radical (unpaired) electrons. The molecule has 0 aromatic heterocycles. The topological polar surface area (TPSA) is 35.2 Å². The van der Waals surface area contributed by atoms with E-state index in [9.17, 15) is 0 Å². The summed E-state index contributed by atoms with van der Waals surface area (Å²) in [7, 11) is 0. The van der Waals surface area contributed by atoms with Gasteiger partial charge in [-0.15, -0.1) is 0 Å². The lowest BCUT2D eigenvalue weighted by Gasteiger charge is -2.10. The summed E-state index contributed by atoms with van der Waals surface area (Å²) in [5.74, 6) is 2.84. The molecule has 1 rings (SSSR count). The van der Waals surface area contributed by atoms with Crippen LogP contribution in [0.15, 0.2) is 22.7 Å². The fourth-order valence-electron chi connectivity index (χ4n) is 1.18. The maximum atomic E-state index is 5.65. The van der Waals surface area contributed by atoms with E-state index in [0.29, 0.717) is 11.6 Å². The molecular formula is C11H14BrNOS2. The minimum absolute atomic E-state index is 0.361. The summed E-state index contributed by atoms with van der Waals surface area (Å²) >= 11 is 10.2. The standard InChI is InChI=1S/C11H14BrNOS2/c1-2-16-6-5-14-10-4-3-8(12)7-9(10)11(13)15/h3-4,7H,2,5-6H2,1H3,(H2,13,15). The molecule has 0 fully saturated rings. The van der Waals surface area contributed by atoms with Crippen molar-refractivity contribution in [3.05, 3.63) is 28.2 Å². The number of hydrogen-bond acceptors (Lipinski definition) is 3. The molecule has 2 N–H and O–H groups in total. The van der Waals surface area contributed by atoms with Crippen LogP contribution in [0.2, 0.25) is 0 Å². The number of thioether (sulfide) groups is 1. The van der Waals surface area contributed by atoms with Crippen molar-refractivity contribution in [2.45, 2.75) is 6.92 Å². The van der Waals surface area contributed by atoms with E-state index in [1.807, 2.05) is 30.0 Å². The van der Waals surface area contributed by atoms with E-state index in [1.165, 1.54) is 0 Å². The first-order valence-electron chi connectivity index (χ1n) is 4.95. The van der Waals surface area contributed by atoms with Gasteiger partial charge in [-0.05, 0) is 24.0 Å². The Balaban J connectivity index is 2.67. The van der Waals surface area contributed by atoms with Crippen LogP contribution in [-0.2, 0) is 0 Å². The smallest absolute Gasteiger partial charge is 0.129 e. The van der Waals surface area contributed by atoms with Gasteiger partial charge in [0.25, 0.3) is 0 Å². The Kier molecular flexibility index (Phi) is 6.16. The van der Waals surface area contributed by atoms with Crippen molar-refractivity contribution >= 4 is 44.9 Å². The summed E-state index contributed by atoms with van der Waals surface area (Å²) in [5.41, 5.74) is 6.42. The molecule has 5 heteroatoms. The number of ether oxygens (including phenoxy) is 1. The van der Waals surface area contributed by atoms with E-state index in [0.717, 1.165) is 27.3 Å². The van der Waals surface area contributed by atoms with Crippen molar-refractivity contribution in [3.8, 4) is 5.75 Å². The highest BCUT2D eigenvalue weighted by Crippen LogP contribution is 2.23. The predicted octanol–water partition coefficient (Wildman–Crippen LogP) is 3.22. The molecule has 0 saturated carbocycles. The Bertz CT molecular complexity index is 371. The number of thiocarbonyl (C=S) groups is 1. The Morgan fingerprint density at radius 1 is 1.56 bits per heavy atom. The van der Waals surface area contributed by atoms with Gasteiger partial charge in [0.15, 0.2) is 0 Å². The molecule has 0 heterocycles. The van der Waals surface area contributed by atoms with Crippen molar-refractivity contribution in [3.63, 3.8) is 0 Å². The summed E-state index contributed by atoms with van der Waals surface area (Å²) in [5, 5.41) is 0. The number of hydrogen-bond donors (Lipinski definition) is 1. The number of nitrogens with two attached hydrogens (primary N) is 1. The highest BCUT2D eigenvalue weighted by atomic mass is 79.9. The van der Waals surface area contributed by atoms with E-state index in [-0.39, 0.29) is 0 Å². The van der Waals surface area contributed by atoms with Gasteiger partial charge >= 0.3 is 0 Å². The van der Waals surface area contributed by atoms with Crippen molar-refractivity contribution < 1.29 is 4.74 Å². The zero-order valence-electron chi connectivity index (χ0n) is 9.03. The highest BCUT2D eigenvalue weighted by Gasteiger charge is 2.06. The van der Waals surface area contributed by atoms with Gasteiger partial charge in [-0.25, -0.2) is 0 Å². The number of benzene rings is 1. The second-order valence-electron chi connectivity index (χ2n) is 3.05. The van der Waals surface area contributed by atoms with Crippen LogP contribution in [0, 0.1) is 0 Å². The molecule has 0 saturated heterocycles. The molecule has 0 amide bonds. The monoisotopic (exact) mass is 319 g/mol. The van der Waals surface area contributed by atoms with Crippen LogP contribution in [-0.4, -0.2) is 23.1 Å². The molecule has 0 atom stereocenters. The fourth-order valence-corrected chi connectivity index (χ4v) is 2.19. The van der Waals surface area contributed by atoms with Crippen LogP contribution in [0.5, 0.6) is 5.75 Å². The molecule has 1 aromatic carbocycles. The van der Waals surface area contributed by atoms with Gasteiger partial charge in [0.05, 0.1) is 12.2 Å². The Morgan fingerprint density at radius 3 is 2.94 bits per heavy atom. The lowest BCUT2D eigenvalue weighted by atomic mass is 10.2. The van der Waals surface area contributed by atoms with Crippen molar-refractivity contribution in [2.24, 2.45) is 5.73 Å². The average Bonchev–Trinajstić information content (AvgIpc) is 2.26. The molecule has 0 aliphatic rings. The van der Waals surface area contributed by atoms with Crippen molar-refractivity contribution in [2.75, 3.05) is 18.1 Å². The summed E-state index contributed by atoms with van der Waals surface area (Å²) in [6, 6.07) is 5.68. The van der Waals surface area contributed by atoms with E-state index in [4.69, 9.17) is 22.7 Å². The van der Waals surface area contributed by atoms with Crippen LogP contribution >= 0.6 is 39.9 Å². The summed E-state index contributed by atoms with van der Waals surface area (Å²) in [4.78, 5) is 0.361. The van der Waals surface area contributed by atoms with Gasteiger partial charge < -0.3 is 10.5 Å². The Hall–Kier alpha value is -0.260. The molecule has 2 nitrogen and oxygen atoms in total. The van der Waals surface area contributed by atoms with E-state index in [2.05, 4.69) is 22.9 Å². The molecule has 0 spiro atoms. The third-order valence-corrected chi connectivity index (χ3v) is 3.47. The molecule has 0 unspecified atom stereocenters. The maximum Gasteiger partial charge on any atom is 0.129 e. The van der Waals surface area contributed by atoms with Crippen LogP contribution < -0.4 is 10.5 Å². The quantitative estimate of drug-likeness (QED) is 0.645. The molecule has 0 bridgehead atoms. The first-order valence-corrected chi connectivity index (χ1v) is 7.30. The second-order valence-corrected chi connectivity index (χ2v) is 5.80. The SMILES string of the molecule is CCSCCOc1ccc(Br)cc1C(N)=S. The van der Waals surface area contributed by atoms with E-state index >= 15 is 0 Å². The molecular weight excluding hydrogens is 306 g/mol. The summed E-state index contributed by atoms with van der Waals surface area (Å²) < 4.78 is 6.60. The van der Waals surface area contributed by atoms with Gasteiger partial charge in [0.2, 0.25) is 0 Å². The van der Waals surface area contributed by atoms with Crippen molar-refractivity contribution in [1.29, 1.82) is 0 Å². The van der Waals surface area contributed by atoms with Crippen LogP contribution in [0.3, 0.4) is 0 Å². The van der Waals surface area contributed by atoms with Crippen LogP contribution in [0.1, 0.15) is 12.5 Å². The van der Waals surface area contributed by atoms with Gasteiger partial charge in [-0.3, -0.25) is 0 Å². The van der Waals surface area contributed by atoms with Crippen molar-refractivity contribution in [1.82, 2.24) is 0 Å². The first kappa shape index (κ1) is 13.8.